The number of H-pyrrole nitrogens is 1. The molecule has 0 atom stereocenters. The molecule has 0 spiro atoms. The minimum Gasteiger partial charge on any atom is -0.321 e. The first-order valence-corrected chi connectivity index (χ1v) is 8.26. The maximum absolute atomic E-state index is 12.8. The second kappa shape index (κ2) is 6.57. The molecular formula is C18H22N4O2. The molecule has 6 heteroatoms. The van der Waals surface area contributed by atoms with E-state index in [-0.39, 0.29) is 11.5 Å². The van der Waals surface area contributed by atoms with E-state index in [4.69, 9.17) is 0 Å². The molecule has 1 aromatic heterocycles. The highest BCUT2D eigenvalue weighted by molar-refractivity contribution is 6.05. The Labute approximate surface area is 140 Å². The molecule has 24 heavy (non-hydrogen) atoms. The smallest absolute Gasteiger partial charge is 0.277 e. The topological polar surface area (TPSA) is 78.1 Å². The molecule has 1 aliphatic heterocycles. The van der Waals surface area contributed by atoms with E-state index >= 15 is 0 Å². The number of fused-ring (bicyclic) bond motifs is 1. The number of hydrogen-bond donors (Lipinski definition) is 2. The Hall–Kier alpha value is -2.47. The Morgan fingerprint density at radius 2 is 2.08 bits per heavy atom. The normalized spacial score (nSPS) is 13.8. The van der Waals surface area contributed by atoms with Crippen molar-refractivity contribution in [3.05, 3.63) is 56.5 Å². The van der Waals surface area contributed by atoms with Crippen LogP contribution in [0.25, 0.3) is 0 Å². The monoisotopic (exact) mass is 326 g/mol. The van der Waals surface area contributed by atoms with Gasteiger partial charge in [-0.2, -0.15) is 5.10 Å². The first-order valence-electron chi connectivity index (χ1n) is 8.26. The van der Waals surface area contributed by atoms with Gasteiger partial charge in [0.05, 0.1) is 5.69 Å². The minimum atomic E-state index is -0.439. The van der Waals surface area contributed by atoms with Crippen molar-refractivity contribution in [3.8, 4) is 0 Å². The molecule has 0 radical (unpaired) electrons. The van der Waals surface area contributed by atoms with Gasteiger partial charge in [0.15, 0.2) is 0 Å². The number of rotatable bonds is 4. The number of anilines is 1. The van der Waals surface area contributed by atoms with E-state index in [1.165, 1.54) is 5.56 Å². The number of carbonyl (C=O) groups excluding carboxylic acids is 1. The summed E-state index contributed by atoms with van der Waals surface area (Å²) in [7, 11) is 2.04. The molecule has 1 aromatic carbocycles. The van der Waals surface area contributed by atoms with Crippen LogP contribution in [0.5, 0.6) is 0 Å². The number of aromatic nitrogens is 2. The van der Waals surface area contributed by atoms with Crippen LogP contribution in [0.1, 0.15) is 46.6 Å². The van der Waals surface area contributed by atoms with Crippen LogP contribution < -0.4 is 10.9 Å². The van der Waals surface area contributed by atoms with Crippen LogP contribution in [0, 0.1) is 0 Å². The molecule has 6 nitrogen and oxygen atoms in total. The number of hydrogen-bond acceptors (Lipinski definition) is 4. The Morgan fingerprint density at radius 3 is 2.79 bits per heavy atom. The zero-order valence-corrected chi connectivity index (χ0v) is 14.3. The minimum absolute atomic E-state index is 0.174. The van der Waals surface area contributed by atoms with Crippen molar-refractivity contribution in [3.63, 3.8) is 0 Å². The first kappa shape index (κ1) is 16.4. The van der Waals surface area contributed by atoms with Crippen molar-refractivity contribution < 1.29 is 4.79 Å². The number of nitrogens with one attached hydrogen (secondary N) is 2. The van der Waals surface area contributed by atoms with Gasteiger partial charge in [-0.1, -0.05) is 26.0 Å². The molecule has 3 rings (SSSR count). The number of nitrogens with zero attached hydrogens (tertiary/aromatic N) is 2. The van der Waals surface area contributed by atoms with E-state index < -0.39 is 5.56 Å². The third-order valence-corrected chi connectivity index (χ3v) is 4.47. The van der Waals surface area contributed by atoms with Gasteiger partial charge in [-0.3, -0.25) is 14.5 Å². The van der Waals surface area contributed by atoms with Gasteiger partial charge in [0.1, 0.15) is 5.56 Å². The highest BCUT2D eigenvalue weighted by Crippen LogP contribution is 2.28. The number of aromatic amines is 1. The van der Waals surface area contributed by atoms with Gasteiger partial charge in [0.2, 0.25) is 0 Å². The van der Waals surface area contributed by atoms with Crippen LogP contribution in [0.2, 0.25) is 0 Å². The van der Waals surface area contributed by atoms with Crippen LogP contribution in [-0.4, -0.2) is 28.1 Å². The van der Waals surface area contributed by atoms with Gasteiger partial charge in [-0.15, -0.1) is 0 Å². The van der Waals surface area contributed by atoms with Crippen LogP contribution in [0.15, 0.2) is 23.0 Å². The lowest BCUT2D eigenvalue weighted by Gasteiger charge is -2.13. The average Bonchev–Trinajstić information content (AvgIpc) is 2.95. The molecule has 0 saturated carbocycles. The van der Waals surface area contributed by atoms with E-state index in [1.807, 2.05) is 33.0 Å². The molecule has 126 valence electrons. The van der Waals surface area contributed by atoms with Gasteiger partial charge in [-0.05, 0) is 42.6 Å². The first-order chi connectivity index (χ1) is 11.5. The number of amides is 1. The Balaban J connectivity index is 1.98. The predicted molar refractivity (Wildman–Crippen MR) is 93.2 cm³/mol. The highest BCUT2D eigenvalue weighted by Gasteiger charge is 2.23. The van der Waals surface area contributed by atoms with Crippen LogP contribution in [-0.2, 0) is 25.9 Å². The molecule has 2 heterocycles. The molecule has 0 fully saturated rings. The largest absolute Gasteiger partial charge is 0.321 e. The lowest BCUT2D eigenvalue weighted by Crippen LogP contribution is -2.28. The summed E-state index contributed by atoms with van der Waals surface area (Å²) < 4.78 is 0. The van der Waals surface area contributed by atoms with E-state index in [9.17, 15) is 9.59 Å². The average molecular weight is 326 g/mol. The van der Waals surface area contributed by atoms with Crippen molar-refractivity contribution in [2.45, 2.75) is 39.8 Å². The zero-order chi connectivity index (χ0) is 17.3. The molecule has 2 aromatic rings. The lowest BCUT2D eigenvalue weighted by atomic mass is 10.0. The molecule has 0 unspecified atom stereocenters. The number of benzene rings is 1. The van der Waals surface area contributed by atoms with Crippen molar-refractivity contribution in [2.75, 3.05) is 12.4 Å². The second-order valence-corrected chi connectivity index (χ2v) is 6.13. The summed E-state index contributed by atoms with van der Waals surface area (Å²) in [4.78, 5) is 27.2. The van der Waals surface area contributed by atoms with E-state index in [0.717, 1.165) is 35.6 Å². The second-order valence-electron chi connectivity index (χ2n) is 6.13. The predicted octanol–water partition coefficient (Wildman–Crippen LogP) is 2.09. The van der Waals surface area contributed by atoms with Gasteiger partial charge < -0.3 is 5.32 Å². The zero-order valence-electron chi connectivity index (χ0n) is 14.3. The van der Waals surface area contributed by atoms with Crippen molar-refractivity contribution in [1.29, 1.82) is 0 Å². The molecule has 0 saturated heterocycles. The molecule has 2 N–H and O–H groups in total. The van der Waals surface area contributed by atoms with Gasteiger partial charge in [0.25, 0.3) is 11.5 Å². The standard InChI is InChI=1S/C18H22N4O2/c1-4-12-14(5-2)20-21-18(24)16(12)17(23)19-15-8-6-7-11-9-22(3)10-13(11)15/h6-8H,4-5,9-10H2,1-3H3,(H,19,23)(H,21,24). The highest BCUT2D eigenvalue weighted by atomic mass is 16.2. The molecule has 1 amide bonds. The molecule has 0 aliphatic carbocycles. The summed E-state index contributed by atoms with van der Waals surface area (Å²) in [5.41, 5.74) is 4.33. The summed E-state index contributed by atoms with van der Waals surface area (Å²) in [6.45, 7) is 5.55. The Kier molecular flexibility index (Phi) is 4.49. The Morgan fingerprint density at radius 1 is 1.29 bits per heavy atom. The molecular weight excluding hydrogens is 304 g/mol. The quantitative estimate of drug-likeness (QED) is 0.902. The van der Waals surface area contributed by atoms with Crippen molar-refractivity contribution in [2.24, 2.45) is 0 Å². The maximum atomic E-state index is 12.8. The summed E-state index contributed by atoms with van der Waals surface area (Å²) in [6.07, 6.45) is 1.27. The fraction of sp³-hybridized carbons (Fsp3) is 0.389. The lowest BCUT2D eigenvalue weighted by molar-refractivity contribution is 0.102. The van der Waals surface area contributed by atoms with Crippen molar-refractivity contribution >= 4 is 11.6 Å². The molecule has 0 bridgehead atoms. The summed E-state index contributed by atoms with van der Waals surface area (Å²) in [6, 6.07) is 5.89. The van der Waals surface area contributed by atoms with Gasteiger partial charge in [-0.25, -0.2) is 5.10 Å². The number of aryl methyl sites for hydroxylation is 1. The Bertz CT molecular complexity index is 841. The summed E-state index contributed by atoms with van der Waals surface area (Å²) in [5, 5.41) is 9.44. The van der Waals surface area contributed by atoms with Gasteiger partial charge in [0, 0.05) is 18.8 Å². The van der Waals surface area contributed by atoms with E-state index in [0.29, 0.717) is 12.8 Å². The van der Waals surface area contributed by atoms with Crippen molar-refractivity contribution in [1.82, 2.24) is 15.1 Å². The fourth-order valence-corrected chi connectivity index (χ4v) is 3.32. The van der Waals surface area contributed by atoms with Gasteiger partial charge >= 0.3 is 0 Å². The van der Waals surface area contributed by atoms with Crippen LogP contribution in [0.4, 0.5) is 5.69 Å². The third kappa shape index (κ3) is 2.85. The summed E-state index contributed by atoms with van der Waals surface area (Å²) >= 11 is 0. The van der Waals surface area contributed by atoms with Crippen LogP contribution >= 0.6 is 0 Å². The number of carbonyl (C=O) groups is 1. The third-order valence-electron chi connectivity index (χ3n) is 4.47. The SMILES string of the molecule is CCc1n[nH]c(=O)c(C(=O)Nc2cccc3c2CN(C)C3)c1CC. The maximum Gasteiger partial charge on any atom is 0.277 e. The van der Waals surface area contributed by atoms with Crippen LogP contribution in [0.3, 0.4) is 0 Å². The van der Waals surface area contributed by atoms with E-state index in [1.54, 1.807) is 0 Å². The summed E-state index contributed by atoms with van der Waals surface area (Å²) in [5.74, 6) is -0.367. The van der Waals surface area contributed by atoms with E-state index in [2.05, 4.69) is 26.5 Å². The fourth-order valence-electron chi connectivity index (χ4n) is 3.32. The molecule has 1 aliphatic rings.